The fourth-order valence-corrected chi connectivity index (χ4v) is 2.38. The first-order valence-electron chi connectivity index (χ1n) is 8.28. The maximum Gasteiger partial charge on any atom is 0.289 e. The largest absolute Gasteiger partial charge is 0.491 e. The van der Waals surface area contributed by atoms with Gasteiger partial charge in [-0.05, 0) is 44.9 Å². The molecule has 0 atom stereocenters. The third kappa shape index (κ3) is 4.81. The predicted molar refractivity (Wildman–Crippen MR) is 90.1 cm³/mol. The molecule has 1 aromatic carbocycles. The topological polar surface area (TPSA) is 66.0 Å². The second-order valence-corrected chi connectivity index (χ2v) is 5.24. The summed E-state index contributed by atoms with van der Waals surface area (Å²) in [6.45, 7) is 8.15. The van der Waals surface area contributed by atoms with Gasteiger partial charge in [0.1, 0.15) is 19.0 Å². The Morgan fingerprint density at radius 2 is 1.83 bits per heavy atom. The lowest BCUT2D eigenvalue weighted by atomic mass is 10.1. The summed E-state index contributed by atoms with van der Waals surface area (Å²) in [7, 11) is 0. The Balaban J connectivity index is 1.92. The zero-order valence-electron chi connectivity index (χ0n) is 14.5. The highest BCUT2D eigenvalue weighted by atomic mass is 16.6. The number of hydrogen-bond donors (Lipinski definition) is 1. The summed E-state index contributed by atoms with van der Waals surface area (Å²) in [5.74, 6) is 2.01. The number of nitrogens with one attached hydrogen (secondary N) is 1. The third-order valence-electron chi connectivity index (χ3n) is 3.48. The molecular weight excluding hydrogens is 310 g/mol. The van der Waals surface area contributed by atoms with Gasteiger partial charge in [0.2, 0.25) is 5.76 Å². The minimum atomic E-state index is -0.247. The van der Waals surface area contributed by atoms with Crippen LogP contribution >= 0.6 is 0 Å². The summed E-state index contributed by atoms with van der Waals surface area (Å²) < 4.78 is 21.8. The van der Waals surface area contributed by atoms with Gasteiger partial charge in [-0.15, -0.1) is 0 Å². The molecule has 6 nitrogen and oxygen atoms in total. The molecule has 0 bridgehead atoms. The molecular formula is C18H25NO5. The maximum absolute atomic E-state index is 12.1. The van der Waals surface area contributed by atoms with Crippen molar-refractivity contribution < 1.29 is 23.7 Å². The van der Waals surface area contributed by atoms with Gasteiger partial charge in [-0.25, -0.2) is 0 Å². The molecule has 1 N–H and O–H groups in total. The number of amides is 1. The predicted octanol–water partition coefficient (Wildman–Crippen LogP) is 2.42. The molecule has 0 saturated carbocycles. The summed E-state index contributed by atoms with van der Waals surface area (Å²) in [6.07, 6.45) is 0.686. The van der Waals surface area contributed by atoms with Crippen molar-refractivity contribution in [2.75, 3.05) is 33.0 Å². The summed E-state index contributed by atoms with van der Waals surface area (Å²) in [6, 6.07) is 5.83. The van der Waals surface area contributed by atoms with Crippen molar-refractivity contribution in [1.29, 1.82) is 0 Å². The fourth-order valence-electron chi connectivity index (χ4n) is 2.38. The highest BCUT2D eigenvalue weighted by Gasteiger charge is 2.19. The van der Waals surface area contributed by atoms with Gasteiger partial charge in [0.05, 0.1) is 13.2 Å². The molecule has 0 spiro atoms. The van der Waals surface area contributed by atoms with Crippen LogP contribution in [0, 0.1) is 0 Å². The Morgan fingerprint density at radius 1 is 1.12 bits per heavy atom. The Morgan fingerprint density at radius 3 is 2.54 bits per heavy atom. The zero-order valence-corrected chi connectivity index (χ0v) is 14.5. The minimum Gasteiger partial charge on any atom is -0.491 e. The summed E-state index contributed by atoms with van der Waals surface area (Å²) in [5.41, 5.74) is 1.06. The van der Waals surface area contributed by atoms with Crippen molar-refractivity contribution in [2.24, 2.45) is 0 Å². The average Bonchev–Trinajstić information content (AvgIpc) is 2.58. The van der Waals surface area contributed by atoms with Crippen LogP contribution in [-0.4, -0.2) is 38.9 Å². The maximum atomic E-state index is 12.1. The number of benzene rings is 1. The van der Waals surface area contributed by atoms with Crippen LogP contribution < -0.4 is 14.8 Å². The quantitative estimate of drug-likeness (QED) is 0.790. The number of hydrogen-bond acceptors (Lipinski definition) is 5. The third-order valence-corrected chi connectivity index (χ3v) is 3.48. The smallest absolute Gasteiger partial charge is 0.289 e. The van der Waals surface area contributed by atoms with Crippen LogP contribution in [0.1, 0.15) is 26.3 Å². The molecule has 2 rings (SSSR count). The van der Waals surface area contributed by atoms with E-state index in [1.54, 1.807) is 6.92 Å². The van der Waals surface area contributed by atoms with E-state index >= 15 is 0 Å². The summed E-state index contributed by atoms with van der Waals surface area (Å²) in [5, 5.41) is 2.85. The highest BCUT2D eigenvalue weighted by Crippen LogP contribution is 2.28. The van der Waals surface area contributed by atoms with Crippen molar-refractivity contribution in [3.63, 3.8) is 0 Å². The SMILES string of the molecule is CCOc1ccc(CCNC(=O)C2=C(C)OCCO2)cc1OCC. The first-order chi connectivity index (χ1) is 11.7. The van der Waals surface area contributed by atoms with Crippen LogP contribution in [0.2, 0.25) is 0 Å². The number of rotatable bonds is 8. The Hall–Kier alpha value is -2.37. The molecule has 0 saturated heterocycles. The highest BCUT2D eigenvalue weighted by molar-refractivity contribution is 5.91. The second kappa shape index (κ2) is 9.05. The fraction of sp³-hybridized carbons (Fsp3) is 0.500. The van der Waals surface area contributed by atoms with E-state index in [-0.39, 0.29) is 11.7 Å². The molecule has 0 unspecified atom stereocenters. The molecule has 0 aromatic heterocycles. The van der Waals surface area contributed by atoms with Crippen molar-refractivity contribution in [1.82, 2.24) is 5.32 Å². The van der Waals surface area contributed by atoms with E-state index in [1.807, 2.05) is 32.0 Å². The molecule has 1 aliphatic heterocycles. The van der Waals surface area contributed by atoms with Crippen LogP contribution in [0.5, 0.6) is 11.5 Å². The lowest BCUT2D eigenvalue weighted by molar-refractivity contribution is -0.122. The van der Waals surface area contributed by atoms with E-state index in [0.29, 0.717) is 45.2 Å². The Kier molecular flexibility index (Phi) is 6.78. The first-order valence-corrected chi connectivity index (χ1v) is 8.28. The van der Waals surface area contributed by atoms with Gasteiger partial charge in [-0.2, -0.15) is 0 Å². The van der Waals surface area contributed by atoms with Crippen LogP contribution in [0.3, 0.4) is 0 Å². The van der Waals surface area contributed by atoms with Crippen LogP contribution in [-0.2, 0) is 20.7 Å². The standard InChI is InChI=1S/C18H25NO5/c1-4-21-15-7-6-14(12-16(15)22-5-2)8-9-19-18(20)17-13(3)23-10-11-24-17/h6-7,12H,4-5,8-11H2,1-3H3,(H,19,20). The van der Waals surface area contributed by atoms with E-state index < -0.39 is 0 Å². The monoisotopic (exact) mass is 335 g/mol. The van der Waals surface area contributed by atoms with E-state index in [0.717, 1.165) is 17.1 Å². The molecule has 1 heterocycles. The molecule has 132 valence electrons. The lowest BCUT2D eigenvalue weighted by Crippen LogP contribution is -2.31. The normalized spacial score (nSPS) is 13.8. The van der Waals surface area contributed by atoms with Crippen molar-refractivity contribution >= 4 is 5.91 Å². The van der Waals surface area contributed by atoms with E-state index in [1.165, 1.54) is 0 Å². The number of carbonyl (C=O) groups excluding carboxylic acids is 1. The minimum absolute atomic E-state index is 0.247. The van der Waals surface area contributed by atoms with Crippen molar-refractivity contribution in [3.8, 4) is 11.5 Å². The number of carbonyl (C=O) groups is 1. The Labute approximate surface area is 142 Å². The van der Waals surface area contributed by atoms with Crippen LogP contribution in [0.4, 0.5) is 0 Å². The first kappa shape index (κ1) is 18.0. The second-order valence-electron chi connectivity index (χ2n) is 5.24. The molecule has 0 radical (unpaired) electrons. The molecule has 0 aliphatic carbocycles. The molecule has 0 fully saturated rings. The average molecular weight is 335 g/mol. The molecule has 1 amide bonds. The van der Waals surface area contributed by atoms with Crippen LogP contribution in [0.25, 0.3) is 0 Å². The van der Waals surface area contributed by atoms with E-state index in [4.69, 9.17) is 18.9 Å². The van der Waals surface area contributed by atoms with Gasteiger partial charge in [0.25, 0.3) is 5.91 Å². The van der Waals surface area contributed by atoms with Gasteiger partial charge in [-0.3, -0.25) is 4.79 Å². The van der Waals surface area contributed by atoms with Gasteiger partial charge in [0.15, 0.2) is 11.5 Å². The van der Waals surface area contributed by atoms with Crippen molar-refractivity contribution in [2.45, 2.75) is 27.2 Å². The van der Waals surface area contributed by atoms with Crippen molar-refractivity contribution in [3.05, 3.63) is 35.3 Å². The van der Waals surface area contributed by atoms with E-state index in [2.05, 4.69) is 5.32 Å². The summed E-state index contributed by atoms with van der Waals surface area (Å²) >= 11 is 0. The molecule has 1 aromatic rings. The lowest BCUT2D eigenvalue weighted by Gasteiger charge is -2.19. The van der Waals surface area contributed by atoms with Gasteiger partial charge in [-0.1, -0.05) is 6.07 Å². The molecule has 24 heavy (non-hydrogen) atoms. The van der Waals surface area contributed by atoms with E-state index in [9.17, 15) is 4.79 Å². The summed E-state index contributed by atoms with van der Waals surface area (Å²) in [4.78, 5) is 12.1. The van der Waals surface area contributed by atoms with Crippen LogP contribution in [0.15, 0.2) is 29.7 Å². The number of allylic oxidation sites excluding steroid dienone is 1. The zero-order chi connectivity index (χ0) is 17.4. The molecule has 6 heteroatoms. The van der Waals surface area contributed by atoms with Gasteiger partial charge >= 0.3 is 0 Å². The molecule has 1 aliphatic rings. The van der Waals surface area contributed by atoms with Gasteiger partial charge < -0.3 is 24.3 Å². The van der Waals surface area contributed by atoms with Gasteiger partial charge in [0, 0.05) is 6.54 Å². The number of ether oxygens (including phenoxy) is 4. The Bertz CT molecular complexity index is 597.